The SMILES string of the molecule is Cc1cc(/C([O-])=C2\C(=O)C(=O)N(Cc3ccc[nH+]c3)C2c2cccc([N+](=O)[O-])c2)ccc1OCc1ccccc1. The van der Waals surface area contributed by atoms with Crippen molar-refractivity contribution < 1.29 is 29.3 Å². The number of hydrogen-bond acceptors (Lipinski definition) is 6. The van der Waals surface area contributed by atoms with Crippen LogP contribution >= 0.6 is 0 Å². The summed E-state index contributed by atoms with van der Waals surface area (Å²) >= 11 is 0. The molecule has 1 amide bonds. The van der Waals surface area contributed by atoms with E-state index in [1.165, 1.54) is 23.1 Å². The molecule has 1 saturated heterocycles. The predicted octanol–water partition coefficient (Wildman–Crippen LogP) is 3.72. The third kappa shape index (κ3) is 5.30. The molecule has 1 fully saturated rings. The standard InChI is InChI=1S/C31H25N3O6/c1-20-15-24(12-13-26(20)40-19-21-7-3-2-4-8-21)29(35)27-28(23-10-5-11-25(16-23)34(38)39)33(31(37)30(27)36)18-22-9-6-14-32-17-22/h2-17,28,35H,18-19H2,1H3/b29-27+. The Morgan fingerprint density at radius 2 is 1.75 bits per heavy atom. The van der Waals surface area contributed by atoms with Gasteiger partial charge in [0.15, 0.2) is 12.4 Å². The summed E-state index contributed by atoms with van der Waals surface area (Å²) in [5.41, 5.74) is 2.43. The van der Waals surface area contributed by atoms with Gasteiger partial charge in [-0.3, -0.25) is 19.7 Å². The molecule has 0 spiro atoms. The van der Waals surface area contributed by atoms with Crippen molar-refractivity contribution in [1.82, 2.24) is 4.90 Å². The number of carbonyl (C=O) groups is 2. The Hall–Kier alpha value is -5.31. The third-order valence-corrected chi connectivity index (χ3v) is 6.72. The number of rotatable bonds is 8. The summed E-state index contributed by atoms with van der Waals surface area (Å²) in [6.07, 6.45) is 3.38. The zero-order valence-corrected chi connectivity index (χ0v) is 21.6. The van der Waals surface area contributed by atoms with Crippen LogP contribution in [-0.2, 0) is 22.7 Å². The maximum Gasteiger partial charge on any atom is 0.295 e. The van der Waals surface area contributed by atoms with Crippen molar-refractivity contribution in [2.45, 2.75) is 26.1 Å². The number of likely N-dealkylation sites (tertiary alicyclic amines) is 1. The predicted molar refractivity (Wildman–Crippen MR) is 143 cm³/mol. The molecule has 9 nitrogen and oxygen atoms in total. The van der Waals surface area contributed by atoms with Crippen molar-refractivity contribution in [1.29, 1.82) is 0 Å². The zero-order chi connectivity index (χ0) is 28.2. The number of aryl methyl sites for hydroxylation is 1. The number of benzene rings is 3. The van der Waals surface area contributed by atoms with E-state index in [0.717, 1.165) is 5.56 Å². The number of amides is 1. The molecule has 4 aromatic rings. The fourth-order valence-corrected chi connectivity index (χ4v) is 4.76. The Labute approximate surface area is 230 Å². The fourth-order valence-electron chi connectivity index (χ4n) is 4.76. The van der Waals surface area contributed by atoms with Gasteiger partial charge in [-0.2, -0.15) is 0 Å². The number of pyridine rings is 1. The van der Waals surface area contributed by atoms with Crippen LogP contribution in [0.1, 0.15) is 33.9 Å². The van der Waals surface area contributed by atoms with Crippen molar-refractivity contribution in [2.24, 2.45) is 0 Å². The topological polar surface area (TPSA) is 127 Å². The molecule has 0 aliphatic carbocycles. The van der Waals surface area contributed by atoms with Crippen LogP contribution in [0, 0.1) is 17.0 Å². The first-order valence-electron chi connectivity index (χ1n) is 12.6. The van der Waals surface area contributed by atoms with Crippen LogP contribution in [0.2, 0.25) is 0 Å². The van der Waals surface area contributed by atoms with E-state index >= 15 is 0 Å². The number of aromatic amines is 1. The van der Waals surface area contributed by atoms with Gasteiger partial charge in [-0.05, 0) is 47.4 Å². The molecular weight excluding hydrogens is 510 g/mol. The first-order chi connectivity index (χ1) is 19.3. The first kappa shape index (κ1) is 26.3. The molecule has 40 heavy (non-hydrogen) atoms. The highest BCUT2D eigenvalue weighted by atomic mass is 16.6. The second kappa shape index (κ2) is 11.2. The highest BCUT2D eigenvalue weighted by Gasteiger charge is 2.44. The lowest BCUT2D eigenvalue weighted by Crippen LogP contribution is -2.29. The summed E-state index contributed by atoms with van der Waals surface area (Å²) < 4.78 is 5.92. The minimum atomic E-state index is -1.10. The second-order valence-corrected chi connectivity index (χ2v) is 9.43. The lowest BCUT2D eigenvalue weighted by atomic mass is 9.94. The Bertz CT molecular complexity index is 1620. The van der Waals surface area contributed by atoms with E-state index < -0.39 is 28.4 Å². The number of carbonyl (C=O) groups excluding carboxylic acids is 2. The highest BCUT2D eigenvalue weighted by molar-refractivity contribution is 6.46. The number of H-pyrrole nitrogens is 1. The molecule has 200 valence electrons. The molecule has 1 N–H and O–H groups in total. The smallest absolute Gasteiger partial charge is 0.295 e. The van der Waals surface area contributed by atoms with E-state index in [9.17, 15) is 24.8 Å². The number of aromatic nitrogens is 1. The summed E-state index contributed by atoms with van der Waals surface area (Å²) in [6.45, 7) is 2.16. The number of nitro benzene ring substituents is 1. The quantitative estimate of drug-likeness (QED) is 0.111. The zero-order valence-electron chi connectivity index (χ0n) is 21.6. The lowest BCUT2D eigenvalue weighted by molar-refractivity contribution is -0.385. The largest absolute Gasteiger partial charge is 0.872 e. The van der Waals surface area contributed by atoms with Gasteiger partial charge in [0.25, 0.3) is 11.6 Å². The molecule has 0 bridgehead atoms. The molecule has 0 saturated carbocycles. The molecule has 1 atom stereocenters. The number of ketones is 1. The number of hydrogen-bond donors (Lipinski definition) is 0. The average Bonchev–Trinajstić information content (AvgIpc) is 3.22. The Balaban J connectivity index is 1.55. The van der Waals surface area contributed by atoms with Crippen molar-refractivity contribution in [3.8, 4) is 5.75 Å². The molecule has 2 heterocycles. The van der Waals surface area contributed by atoms with Gasteiger partial charge in [-0.1, -0.05) is 54.3 Å². The highest BCUT2D eigenvalue weighted by Crippen LogP contribution is 2.40. The van der Waals surface area contributed by atoms with E-state index in [2.05, 4.69) is 4.98 Å². The molecule has 1 aromatic heterocycles. The second-order valence-electron chi connectivity index (χ2n) is 9.43. The molecule has 0 radical (unpaired) electrons. The summed E-state index contributed by atoms with van der Waals surface area (Å²) in [5.74, 6) is -1.81. The minimum Gasteiger partial charge on any atom is -0.872 e. The van der Waals surface area contributed by atoms with Crippen LogP contribution in [-0.4, -0.2) is 21.5 Å². The summed E-state index contributed by atoms with van der Waals surface area (Å²) in [7, 11) is 0. The minimum absolute atomic E-state index is 0.0251. The van der Waals surface area contributed by atoms with Gasteiger partial charge in [-0.15, -0.1) is 0 Å². The van der Waals surface area contributed by atoms with Crippen molar-refractivity contribution in [3.05, 3.63) is 141 Å². The van der Waals surface area contributed by atoms with Crippen LogP contribution in [0.25, 0.3) is 5.76 Å². The normalized spacial score (nSPS) is 16.2. The summed E-state index contributed by atoms with van der Waals surface area (Å²) in [5, 5.41) is 25.3. The molecule has 1 unspecified atom stereocenters. The van der Waals surface area contributed by atoms with Crippen molar-refractivity contribution >= 4 is 23.1 Å². The van der Waals surface area contributed by atoms with Crippen molar-refractivity contribution in [2.75, 3.05) is 0 Å². The maximum absolute atomic E-state index is 13.8. The number of Topliss-reactive ketones (excluding diaryl/α,β-unsaturated/α-hetero) is 1. The molecular formula is C31H25N3O6. The maximum atomic E-state index is 13.8. The summed E-state index contributed by atoms with van der Waals surface area (Å²) in [4.78, 5) is 41.7. The summed E-state index contributed by atoms with van der Waals surface area (Å²) in [6, 6.07) is 22.6. The first-order valence-corrected chi connectivity index (χ1v) is 12.6. The van der Waals surface area contributed by atoms with Crippen molar-refractivity contribution in [3.63, 3.8) is 0 Å². The molecule has 9 heteroatoms. The van der Waals surface area contributed by atoms with Crippen LogP contribution < -0.4 is 14.8 Å². The number of nitro groups is 1. The molecule has 1 aliphatic rings. The van der Waals surface area contributed by atoms with E-state index in [-0.39, 0.29) is 23.4 Å². The Morgan fingerprint density at radius 1 is 0.975 bits per heavy atom. The average molecular weight is 536 g/mol. The number of nitrogens with zero attached hydrogens (tertiary/aromatic N) is 2. The van der Waals surface area contributed by atoms with Gasteiger partial charge in [0.1, 0.15) is 12.4 Å². The molecule has 3 aromatic carbocycles. The Kier molecular flexibility index (Phi) is 7.37. The van der Waals surface area contributed by atoms with Crippen LogP contribution in [0.15, 0.2) is 103 Å². The lowest BCUT2D eigenvalue weighted by Gasteiger charge is -2.27. The Morgan fingerprint density at radius 3 is 2.45 bits per heavy atom. The molecule has 1 aliphatic heterocycles. The van der Waals surface area contributed by atoms with E-state index in [1.807, 2.05) is 30.3 Å². The number of ether oxygens (including phenoxy) is 1. The van der Waals surface area contributed by atoms with E-state index in [1.54, 1.807) is 55.7 Å². The van der Waals surface area contributed by atoms with E-state index in [0.29, 0.717) is 29.0 Å². The van der Waals surface area contributed by atoms with Gasteiger partial charge in [-0.25, -0.2) is 4.98 Å². The van der Waals surface area contributed by atoms with Gasteiger partial charge in [0.2, 0.25) is 5.78 Å². The molecule has 5 rings (SSSR count). The fraction of sp³-hybridized carbons (Fsp3) is 0.129. The van der Waals surface area contributed by atoms with Gasteiger partial charge in [0.05, 0.1) is 17.5 Å². The third-order valence-electron chi connectivity index (χ3n) is 6.72. The van der Waals surface area contributed by atoms with E-state index in [4.69, 9.17) is 4.74 Å². The van der Waals surface area contributed by atoms with Gasteiger partial charge >= 0.3 is 0 Å². The van der Waals surface area contributed by atoms with Crippen LogP contribution in [0.4, 0.5) is 5.69 Å². The van der Waals surface area contributed by atoms with Crippen LogP contribution in [0.5, 0.6) is 5.75 Å². The van der Waals surface area contributed by atoms with Gasteiger partial charge in [0, 0.05) is 29.3 Å². The van der Waals surface area contributed by atoms with Gasteiger partial charge < -0.3 is 14.7 Å². The van der Waals surface area contributed by atoms with Crippen LogP contribution in [0.3, 0.4) is 0 Å². The monoisotopic (exact) mass is 535 g/mol. The number of nitrogens with one attached hydrogen (secondary N) is 1. The number of non-ortho nitro benzene ring substituents is 1.